The minimum absolute atomic E-state index is 0.847. The van der Waals surface area contributed by atoms with E-state index in [0.717, 1.165) is 36.3 Å². The normalized spacial score (nSPS) is 34.9. The van der Waals surface area contributed by atoms with Crippen LogP contribution in [0.25, 0.3) is 0 Å². The number of rotatable bonds is 4. The third-order valence-corrected chi connectivity index (χ3v) is 5.68. The summed E-state index contributed by atoms with van der Waals surface area (Å²) in [6.07, 6.45) is 8.34. The molecule has 0 radical (unpaired) electrons. The molecule has 2 fully saturated rings. The van der Waals surface area contributed by atoms with Gasteiger partial charge in [0.05, 0.1) is 0 Å². The standard InChI is InChI=1S/C17H34N2/c1-13(2)16-5-4-14(3)12-17(16)19-10-7-15(6-9-18)8-11-19/h13-17H,4-12,18H2,1-3H3. The topological polar surface area (TPSA) is 29.3 Å². The monoisotopic (exact) mass is 266 g/mol. The van der Waals surface area contributed by atoms with Gasteiger partial charge < -0.3 is 10.6 Å². The van der Waals surface area contributed by atoms with E-state index in [9.17, 15) is 0 Å². The molecule has 1 aliphatic carbocycles. The van der Waals surface area contributed by atoms with Crippen LogP contribution in [0.4, 0.5) is 0 Å². The van der Waals surface area contributed by atoms with Crippen LogP contribution in [0.2, 0.25) is 0 Å². The Morgan fingerprint density at radius 1 is 1.11 bits per heavy atom. The van der Waals surface area contributed by atoms with Crippen molar-refractivity contribution in [3.8, 4) is 0 Å². The zero-order valence-electron chi connectivity index (χ0n) is 13.3. The van der Waals surface area contributed by atoms with Crippen molar-refractivity contribution >= 4 is 0 Å². The van der Waals surface area contributed by atoms with E-state index in [-0.39, 0.29) is 0 Å². The molecule has 1 heterocycles. The molecule has 1 aliphatic heterocycles. The van der Waals surface area contributed by atoms with Gasteiger partial charge in [0.2, 0.25) is 0 Å². The Bertz CT molecular complexity index is 256. The third-order valence-electron chi connectivity index (χ3n) is 5.68. The van der Waals surface area contributed by atoms with Crippen LogP contribution in [0.1, 0.15) is 59.3 Å². The quantitative estimate of drug-likeness (QED) is 0.844. The lowest BCUT2D eigenvalue weighted by atomic mass is 9.72. The van der Waals surface area contributed by atoms with Crippen molar-refractivity contribution in [2.75, 3.05) is 19.6 Å². The fourth-order valence-corrected chi connectivity index (χ4v) is 4.38. The maximum Gasteiger partial charge on any atom is 0.0128 e. The Morgan fingerprint density at radius 2 is 1.79 bits per heavy atom. The van der Waals surface area contributed by atoms with Crippen LogP contribution < -0.4 is 5.73 Å². The highest BCUT2D eigenvalue weighted by atomic mass is 15.2. The van der Waals surface area contributed by atoms with Gasteiger partial charge in [-0.2, -0.15) is 0 Å². The van der Waals surface area contributed by atoms with E-state index in [1.165, 1.54) is 51.6 Å². The Kier molecular flexibility index (Phi) is 5.70. The van der Waals surface area contributed by atoms with E-state index in [1.54, 1.807) is 0 Å². The van der Waals surface area contributed by atoms with Crippen LogP contribution in [0.3, 0.4) is 0 Å². The third kappa shape index (κ3) is 3.95. The molecule has 2 aliphatic rings. The summed E-state index contributed by atoms with van der Waals surface area (Å²) in [4.78, 5) is 2.83. The Hall–Kier alpha value is -0.0800. The van der Waals surface area contributed by atoms with Gasteiger partial charge in [-0.3, -0.25) is 0 Å². The van der Waals surface area contributed by atoms with Gasteiger partial charge in [-0.05, 0) is 75.4 Å². The molecule has 0 aromatic heterocycles. The average molecular weight is 266 g/mol. The van der Waals surface area contributed by atoms with Crippen LogP contribution in [-0.4, -0.2) is 30.6 Å². The van der Waals surface area contributed by atoms with Gasteiger partial charge in [-0.25, -0.2) is 0 Å². The molecule has 0 aromatic rings. The first-order chi connectivity index (χ1) is 9.11. The van der Waals surface area contributed by atoms with Gasteiger partial charge in [0, 0.05) is 6.04 Å². The van der Waals surface area contributed by atoms with Crippen molar-refractivity contribution in [1.29, 1.82) is 0 Å². The minimum atomic E-state index is 0.847. The van der Waals surface area contributed by atoms with Crippen LogP contribution in [-0.2, 0) is 0 Å². The first kappa shape index (κ1) is 15.3. The number of piperidine rings is 1. The van der Waals surface area contributed by atoms with Gasteiger partial charge in [0.15, 0.2) is 0 Å². The van der Waals surface area contributed by atoms with Crippen LogP contribution in [0.15, 0.2) is 0 Å². The molecule has 1 saturated heterocycles. The number of hydrogen-bond acceptors (Lipinski definition) is 2. The number of nitrogens with two attached hydrogens (primary N) is 1. The predicted molar refractivity (Wildman–Crippen MR) is 83.1 cm³/mol. The lowest BCUT2D eigenvalue weighted by molar-refractivity contribution is 0.0343. The van der Waals surface area contributed by atoms with Crippen molar-refractivity contribution in [3.05, 3.63) is 0 Å². The second kappa shape index (κ2) is 7.08. The number of likely N-dealkylation sites (tertiary alicyclic amines) is 1. The van der Waals surface area contributed by atoms with E-state index < -0.39 is 0 Å². The second-order valence-electron chi connectivity index (χ2n) is 7.45. The number of nitrogens with zero attached hydrogens (tertiary/aromatic N) is 1. The molecule has 19 heavy (non-hydrogen) atoms. The highest BCUT2D eigenvalue weighted by Crippen LogP contribution is 2.38. The molecule has 2 nitrogen and oxygen atoms in total. The summed E-state index contributed by atoms with van der Waals surface area (Å²) in [7, 11) is 0. The predicted octanol–water partition coefficient (Wildman–Crippen LogP) is 3.51. The summed E-state index contributed by atoms with van der Waals surface area (Å²) in [5, 5.41) is 0. The van der Waals surface area contributed by atoms with Crippen LogP contribution in [0.5, 0.6) is 0 Å². The highest BCUT2D eigenvalue weighted by molar-refractivity contribution is 4.89. The summed E-state index contributed by atoms with van der Waals surface area (Å²) in [6, 6.07) is 0.863. The molecule has 112 valence electrons. The Balaban J connectivity index is 1.91. The molecule has 0 amide bonds. The van der Waals surface area contributed by atoms with E-state index in [2.05, 4.69) is 25.7 Å². The first-order valence-corrected chi connectivity index (χ1v) is 8.56. The number of hydrogen-bond donors (Lipinski definition) is 1. The van der Waals surface area contributed by atoms with Crippen molar-refractivity contribution < 1.29 is 0 Å². The van der Waals surface area contributed by atoms with E-state index in [4.69, 9.17) is 5.73 Å². The van der Waals surface area contributed by atoms with Crippen molar-refractivity contribution in [3.63, 3.8) is 0 Å². The fourth-order valence-electron chi connectivity index (χ4n) is 4.38. The van der Waals surface area contributed by atoms with Crippen LogP contribution in [0, 0.1) is 23.7 Å². The van der Waals surface area contributed by atoms with Crippen molar-refractivity contribution in [2.45, 2.75) is 65.3 Å². The van der Waals surface area contributed by atoms with Gasteiger partial charge in [-0.1, -0.05) is 27.2 Å². The van der Waals surface area contributed by atoms with Gasteiger partial charge in [0.1, 0.15) is 0 Å². The molecular formula is C17H34N2. The van der Waals surface area contributed by atoms with Crippen LogP contribution >= 0.6 is 0 Å². The van der Waals surface area contributed by atoms with E-state index >= 15 is 0 Å². The largest absolute Gasteiger partial charge is 0.330 e. The molecule has 2 rings (SSSR count). The van der Waals surface area contributed by atoms with Crippen molar-refractivity contribution in [2.24, 2.45) is 29.4 Å². The molecule has 1 saturated carbocycles. The Morgan fingerprint density at radius 3 is 2.37 bits per heavy atom. The zero-order valence-corrected chi connectivity index (χ0v) is 13.3. The molecular weight excluding hydrogens is 232 g/mol. The zero-order chi connectivity index (χ0) is 13.8. The maximum absolute atomic E-state index is 5.70. The molecule has 0 bridgehead atoms. The lowest BCUT2D eigenvalue weighted by Gasteiger charge is -2.46. The molecule has 3 atom stereocenters. The molecule has 2 heteroatoms. The van der Waals surface area contributed by atoms with E-state index in [0.29, 0.717) is 0 Å². The fraction of sp³-hybridized carbons (Fsp3) is 1.00. The molecule has 3 unspecified atom stereocenters. The van der Waals surface area contributed by atoms with E-state index in [1.807, 2.05) is 0 Å². The van der Waals surface area contributed by atoms with Gasteiger partial charge in [-0.15, -0.1) is 0 Å². The summed E-state index contributed by atoms with van der Waals surface area (Å²) in [5.41, 5.74) is 5.70. The smallest absolute Gasteiger partial charge is 0.0128 e. The van der Waals surface area contributed by atoms with Crippen molar-refractivity contribution in [1.82, 2.24) is 4.90 Å². The summed E-state index contributed by atoms with van der Waals surface area (Å²) in [6.45, 7) is 10.8. The van der Waals surface area contributed by atoms with Gasteiger partial charge in [0.25, 0.3) is 0 Å². The Labute approximate surface area is 120 Å². The molecule has 0 aromatic carbocycles. The summed E-state index contributed by atoms with van der Waals surface area (Å²) in [5.74, 6) is 3.61. The van der Waals surface area contributed by atoms with Gasteiger partial charge >= 0.3 is 0 Å². The summed E-state index contributed by atoms with van der Waals surface area (Å²) >= 11 is 0. The summed E-state index contributed by atoms with van der Waals surface area (Å²) < 4.78 is 0. The minimum Gasteiger partial charge on any atom is -0.330 e. The second-order valence-corrected chi connectivity index (χ2v) is 7.45. The lowest BCUT2D eigenvalue weighted by Crippen LogP contribution is -2.49. The first-order valence-electron chi connectivity index (χ1n) is 8.56. The average Bonchev–Trinajstić information content (AvgIpc) is 2.39. The SMILES string of the molecule is CC1CCC(C(C)C)C(N2CCC(CCN)CC2)C1. The molecule has 2 N–H and O–H groups in total. The molecule has 0 spiro atoms. The maximum atomic E-state index is 5.70. The highest BCUT2D eigenvalue weighted by Gasteiger charge is 2.35.